The SMILES string of the molecule is CC(F)(F)F.CC(N)=O.CCOC.CCl.CO.COC.COC(C)C.COC(F)F.COCCCCl.COCCCN1CCCCC1.COCCCN1CCN(C)CC1.COCCCN1CCSCC1.COCCCl.COCCCn1ccnc1.COCCCn1ccnn1.COCCCn1cncn1.COCCN(C)C.COCCN1CCOCC1.COCCN1CCSCC1.C[N+](=O)[O-]. The number of carbonyl (C=O) groups is 1. The van der Waals surface area contributed by atoms with Gasteiger partial charge in [0.05, 0.1) is 58.3 Å². The van der Waals surface area contributed by atoms with Crippen LogP contribution in [-0.4, -0.2) is 509 Å². The predicted octanol–water partition coefficient (Wildman–Crippen LogP) is 11.6. The van der Waals surface area contributed by atoms with Gasteiger partial charge in [-0.3, -0.25) is 34.1 Å². The highest BCUT2D eigenvalue weighted by molar-refractivity contribution is 7.99. The first-order valence-corrected chi connectivity index (χ1v) is 49.7. The van der Waals surface area contributed by atoms with Gasteiger partial charge in [-0.15, -0.1) is 39.9 Å². The lowest BCUT2D eigenvalue weighted by Gasteiger charge is -2.32. The number of amides is 1. The Labute approximate surface area is 843 Å². The highest BCUT2D eigenvalue weighted by Crippen LogP contribution is 2.12. The summed E-state index contributed by atoms with van der Waals surface area (Å²) in [5, 5.41) is 27.2. The Morgan fingerprint density at radius 2 is 0.853 bits per heavy atom. The number of nitrogens with zero attached hydrogens (tertiary/aromatic N) is 16. The Bertz CT molecular complexity index is 2280. The molecular formula is C89H195Cl3F5N17O20S2. The maximum atomic E-state index is 10.5. The number of ether oxygens (including phenoxy) is 16. The second-order valence-corrected chi connectivity index (χ2v) is 31.9. The summed E-state index contributed by atoms with van der Waals surface area (Å²) in [5.41, 5.74) is 4.47. The molecule has 3 aromatic rings. The van der Waals surface area contributed by atoms with Crippen molar-refractivity contribution in [3.8, 4) is 0 Å². The van der Waals surface area contributed by atoms with Crippen molar-refractivity contribution in [2.75, 3.05) is 401 Å². The third kappa shape index (κ3) is 176. The van der Waals surface area contributed by atoms with E-state index in [-0.39, 0.29) is 12.8 Å². The minimum Gasteiger partial charge on any atom is -0.400 e. The van der Waals surface area contributed by atoms with E-state index < -0.39 is 17.7 Å². The van der Waals surface area contributed by atoms with Gasteiger partial charge in [0.1, 0.15) is 12.7 Å². The van der Waals surface area contributed by atoms with Crippen molar-refractivity contribution >= 4 is 64.2 Å². The number of piperazine rings is 1. The molecule has 3 N–H and O–H groups in total. The third-order valence-electron chi connectivity index (χ3n) is 16.2. The fraction of sp³-hybridized carbons (Fsp3) is 0.910. The zero-order chi connectivity index (χ0) is 106. The van der Waals surface area contributed by atoms with E-state index in [1.165, 1.54) is 166 Å². The number of primary amides is 1. The molecule has 136 heavy (non-hydrogen) atoms. The number of likely N-dealkylation sites (N-methyl/N-ethyl adjacent to an activating group) is 2. The number of methoxy groups -OCH3 is 15. The first kappa shape index (κ1) is 158. The fourth-order valence-corrected chi connectivity index (χ4v) is 11.5. The van der Waals surface area contributed by atoms with Crippen LogP contribution in [0.1, 0.15) is 98.8 Å². The zero-order valence-electron chi connectivity index (χ0n) is 89.0. The number of aromatic nitrogens is 8. The Morgan fingerprint density at radius 3 is 1.13 bits per heavy atom. The molecule has 0 saturated carbocycles. The molecule has 0 radical (unpaired) electrons. The van der Waals surface area contributed by atoms with E-state index in [4.69, 9.17) is 95.3 Å². The number of morpholine rings is 1. The topological polar surface area (TPSA) is 356 Å². The van der Waals surface area contributed by atoms with Gasteiger partial charge in [-0.2, -0.15) is 50.6 Å². The number of piperidine rings is 1. The minimum absolute atomic E-state index is 0.188. The minimum atomic E-state index is -4.00. The summed E-state index contributed by atoms with van der Waals surface area (Å²) in [6.07, 6.45) is 21.9. The maximum absolute atomic E-state index is 10.5. The molecule has 37 nitrogen and oxygen atoms in total. The molecule has 5 fully saturated rings. The number of hydrogen-bond donors (Lipinski definition) is 2. The quantitative estimate of drug-likeness (QED) is 0.0175. The van der Waals surface area contributed by atoms with Crippen molar-refractivity contribution in [1.29, 1.82) is 0 Å². The largest absolute Gasteiger partial charge is 0.400 e. The van der Waals surface area contributed by atoms with Crippen LogP contribution in [0.4, 0.5) is 22.0 Å². The number of halogens is 8. The van der Waals surface area contributed by atoms with Crippen LogP contribution in [0.15, 0.2) is 43.8 Å². The zero-order valence-corrected chi connectivity index (χ0v) is 92.9. The lowest BCUT2D eigenvalue weighted by molar-refractivity contribution is -0.445. The van der Waals surface area contributed by atoms with Gasteiger partial charge >= 0.3 is 12.8 Å². The Kier molecular flexibility index (Phi) is 165. The molecule has 8 heterocycles. The number of alkyl halides is 8. The van der Waals surface area contributed by atoms with Crippen LogP contribution in [0, 0.1) is 10.1 Å². The Morgan fingerprint density at radius 1 is 0.515 bits per heavy atom. The summed E-state index contributed by atoms with van der Waals surface area (Å²) in [5.74, 6) is 6.18. The number of rotatable bonds is 41. The van der Waals surface area contributed by atoms with Gasteiger partial charge < -0.3 is 116 Å². The molecule has 824 valence electrons. The number of aryl methyl sites for hydroxylation is 3. The highest BCUT2D eigenvalue weighted by Gasteiger charge is 2.16. The van der Waals surface area contributed by atoms with Crippen LogP contribution < -0.4 is 5.73 Å². The number of imidazole rings is 1. The molecule has 47 heteroatoms. The van der Waals surface area contributed by atoms with Crippen LogP contribution in [0.2, 0.25) is 0 Å². The second kappa shape index (κ2) is 142. The van der Waals surface area contributed by atoms with Crippen molar-refractivity contribution in [3.63, 3.8) is 0 Å². The van der Waals surface area contributed by atoms with Gasteiger partial charge in [0.2, 0.25) is 5.91 Å². The van der Waals surface area contributed by atoms with E-state index in [1.54, 1.807) is 135 Å². The van der Waals surface area contributed by atoms with Crippen LogP contribution in [-0.2, 0) is 100 Å². The molecule has 0 bridgehead atoms. The van der Waals surface area contributed by atoms with Crippen LogP contribution in [0.5, 0.6) is 0 Å². The summed E-state index contributed by atoms with van der Waals surface area (Å²) < 4.78 is 134. The van der Waals surface area contributed by atoms with Crippen molar-refractivity contribution in [2.24, 2.45) is 5.73 Å². The molecule has 5 saturated heterocycles. The standard InChI is InChI=1S/C9H20N2O.C9H19NO.C8H17NOS.C7H12N2O.C7H15NO2.C7H15NOS.2C6H11N3O.C5H13NO.C4H9ClO.C4H10O.C3H7ClO.C3H8O.C2H3F3.C2H4F2O.C2H5NO.C2H6O.CH3Cl.CH3NO2.CH4O/c1-10-5-7-11(8-6-10)4-3-9-12-2;1-11-9-5-8-10-6-3-2-4-7-10;1-10-6-2-3-9-4-7-11-8-5-9;1-10-6-2-4-9-5-3-8-7-9;2*1-9-5-2-8-3-6-10-7-4-8;1-10-6-2-4-9-5-3-7-8-9;1-10-4-2-3-9-6-7-5-8-9;1-6(2)4-5-7-3;1-6-4-2-3-5;1-4(2)5-3;1-5-3-2-4;1-3-4-2;1-2(3,4)5;1-5-2(3)4;1-2(3)4;1-3-2;1-2;1-2(3)4;1-2/h3-9H2,1-2H3;2-9H2,1H3;2-8H2,1H3;3,5,7H,2,4,6H2,1H3;2*2-7H2,1H3;3,5H,2,4,6H2,1H3;5-6H,2-4H2,1H3;4-5H2,1-3H3;2-4H2,1H3;4H,1-3H3;2-3H2,1H3;3H2,1-2H3;1H3;2H,1H3;1H3,(H2,3,4);1-2H3;1H3;1H3;2H,1H3. The lowest BCUT2D eigenvalue weighted by Crippen LogP contribution is -2.44. The van der Waals surface area contributed by atoms with E-state index in [1.807, 2.05) is 69.9 Å². The molecule has 3 aromatic heterocycles. The third-order valence-corrected chi connectivity index (χ3v) is 18.5. The molecular weight excluding hydrogens is 1890 g/mol. The van der Waals surface area contributed by atoms with E-state index in [9.17, 15) is 26.7 Å². The number of nitro groups is 1. The van der Waals surface area contributed by atoms with Crippen molar-refractivity contribution < 1.29 is 113 Å². The number of aliphatic hydroxyl groups excluding tert-OH is 1. The molecule has 0 aliphatic carbocycles. The molecule has 8 rings (SSSR count). The van der Waals surface area contributed by atoms with Crippen molar-refractivity contribution in [2.45, 2.75) is 137 Å². The number of nitrogens with two attached hydrogens (primary N) is 1. The van der Waals surface area contributed by atoms with Crippen molar-refractivity contribution in [3.05, 3.63) is 53.9 Å². The van der Waals surface area contributed by atoms with Gasteiger partial charge in [-0.25, -0.2) is 9.97 Å². The molecule has 5 aliphatic heterocycles. The summed E-state index contributed by atoms with van der Waals surface area (Å²) in [4.78, 5) is 42.1. The highest BCUT2D eigenvalue weighted by atomic mass is 35.5. The number of hydrogen-bond acceptors (Lipinski definition) is 34. The lowest BCUT2D eigenvalue weighted by atomic mass is 10.1. The molecule has 5 aliphatic rings. The predicted molar refractivity (Wildman–Crippen MR) is 549 cm³/mol. The molecule has 0 aromatic carbocycles. The maximum Gasteiger partial charge on any atom is 0.386 e. The number of likely N-dealkylation sites (tertiary alicyclic amines) is 1. The van der Waals surface area contributed by atoms with Gasteiger partial charge in [-0.1, -0.05) is 11.6 Å². The summed E-state index contributed by atoms with van der Waals surface area (Å²) in [6.45, 7) is 40.7. The molecule has 1 amide bonds. The van der Waals surface area contributed by atoms with Gasteiger partial charge in [-0.05, 0) is 113 Å². The first-order valence-electron chi connectivity index (χ1n) is 45.6. The Balaban J connectivity index is -0.000000121. The van der Waals surface area contributed by atoms with Crippen LogP contribution in [0.3, 0.4) is 0 Å². The number of aliphatic hydroxyl groups is 1. The molecule has 0 unspecified atom stereocenters. The average Bonchev–Trinajstić information content (AvgIpc) is 1.04. The second-order valence-electron chi connectivity index (χ2n) is 28.7. The van der Waals surface area contributed by atoms with Gasteiger partial charge in [0, 0.05) is 377 Å². The van der Waals surface area contributed by atoms with Crippen molar-refractivity contribution in [1.82, 2.24) is 73.6 Å². The van der Waals surface area contributed by atoms with E-state index in [0.717, 1.165) is 185 Å². The summed E-state index contributed by atoms with van der Waals surface area (Å²) >= 11 is 19.2. The monoisotopic (exact) mass is 2090 g/mol. The smallest absolute Gasteiger partial charge is 0.386 e. The van der Waals surface area contributed by atoms with Gasteiger partial charge in [0.15, 0.2) is 7.05 Å². The summed E-state index contributed by atoms with van der Waals surface area (Å²) in [7, 11) is 34.6. The Hall–Kier alpha value is -3.38. The number of carbonyl (C=O) groups excluding carboxylic acids is 1. The van der Waals surface area contributed by atoms with E-state index in [0.29, 0.717) is 24.5 Å². The summed E-state index contributed by atoms with van der Waals surface area (Å²) in [6, 6.07) is 0. The van der Waals surface area contributed by atoms with E-state index >= 15 is 0 Å². The van der Waals surface area contributed by atoms with Gasteiger partial charge in [0.25, 0.3) is 0 Å². The fourth-order valence-electron chi connectivity index (χ4n) is 9.27. The van der Waals surface area contributed by atoms with E-state index in [2.05, 4.69) is 115 Å². The number of thioether (sulfide) groups is 2. The molecule has 0 spiro atoms. The average molecular weight is 2090 g/mol. The van der Waals surface area contributed by atoms with Crippen LogP contribution >= 0.6 is 58.3 Å². The molecule has 0 atom stereocenters. The first-order chi connectivity index (χ1) is 65.3. The normalized spacial score (nSPS) is 13.8. The van der Waals surface area contributed by atoms with Crippen LogP contribution in [0.25, 0.3) is 0 Å².